The van der Waals surface area contributed by atoms with Gasteiger partial charge in [-0.1, -0.05) is 20.8 Å². The molecule has 0 saturated heterocycles. The van der Waals surface area contributed by atoms with E-state index >= 15 is 0 Å². The van der Waals surface area contributed by atoms with Crippen LogP contribution in [0.1, 0.15) is 49.7 Å². The molecule has 0 aromatic carbocycles. The lowest BCUT2D eigenvalue weighted by molar-refractivity contribution is -0.168. The molecule has 0 aliphatic heterocycles. The van der Waals surface area contributed by atoms with Crippen molar-refractivity contribution >= 4 is 17.5 Å². The average molecular weight is 340 g/mol. The summed E-state index contributed by atoms with van der Waals surface area (Å²) in [6, 6.07) is 3.02. The number of amides is 1. The van der Waals surface area contributed by atoms with E-state index in [9.17, 15) is 22.8 Å². The number of rotatable bonds is 3. The standard InChI is InChI=1S/C17H19F3N2O2/c1-9-5-6-10(12(21-9)22-13(24)14(2,3)4)11(23)15-7-16(15,8-15)17(18,19)20/h5-6H,7-8H2,1-4H3,(H,21,22,24). The molecular weight excluding hydrogens is 321 g/mol. The van der Waals surface area contributed by atoms with Gasteiger partial charge in [0.05, 0.1) is 11.0 Å². The summed E-state index contributed by atoms with van der Waals surface area (Å²) < 4.78 is 39.2. The van der Waals surface area contributed by atoms with E-state index < -0.39 is 28.2 Å². The Morgan fingerprint density at radius 2 is 1.75 bits per heavy atom. The zero-order chi connectivity index (χ0) is 18.1. The smallest absolute Gasteiger partial charge is 0.310 e. The van der Waals surface area contributed by atoms with Crippen molar-refractivity contribution in [3.63, 3.8) is 0 Å². The molecule has 1 aromatic heterocycles. The van der Waals surface area contributed by atoms with Gasteiger partial charge in [0, 0.05) is 16.5 Å². The van der Waals surface area contributed by atoms with Gasteiger partial charge in [-0.2, -0.15) is 13.2 Å². The second kappa shape index (κ2) is 4.58. The van der Waals surface area contributed by atoms with E-state index in [4.69, 9.17) is 0 Å². The van der Waals surface area contributed by atoms with Crippen molar-refractivity contribution in [1.82, 2.24) is 4.98 Å². The lowest BCUT2D eigenvalue weighted by Gasteiger charge is -2.19. The Morgan fingerprint density at radius 1 is 1.17 bits per heavy atom. The highest BCUT2D eigenvalue weighted by atomic mass is 19.4. The topological polar surface area (TPSA) is 59.1 Å². The number of carbonyl (C=O) groups is 2. The molecule has 2 fully saturated rings. The van der Waals surface area contributed by atoms with Gasteiger partial charge in [0.15, 0.2) is 5.78 Å². The number of anilines is 1. The summed E-state index contributed by atoms with van der Waals surface area (Å²) in [6.07, 6.45) is -4.69. The van der Waals surface area contributed by atoms with Gasteiger partial charge in [-0.05, 0) is 31.9 Å². The summed E-state index contributed by atoms with van der Waals surface area (Å²) in [5, 5.41) is 2.59. The summed E-state index contributed by atoms with van der Waals surface area (Å²) in [5.41, 5.74) is -3.28. The van der Waals surface area contributed by atoms with Gasteiger partial charge in [-0.15, -0.1) is 0 Å². The fourth-order valence-electron chi connectivity index (χ4n) is 3.13. The van der Waals surface area contributed by atoms with E-state index in [1.54, 1.807) is 33.8 Å². The maximum Gasteiger partial charge on any atom is 0.395 e. The molecule has 1 N–H and O–H groups in total. The number of fused-ring (bicyclic) bond motifs is 1. The van der Waals surface area contributed by atoms with E-state index in [1.807, 2.05) is 0 Å². The van der Waals surface area contributed by atoms with Crippen LogP contribution in [0.2, 0.25) is 0 Å². The first-order valence-electron chi connectivity index (χ1n) is 7.75. The normalized spacial score (nSPS) is 28.1. The van der Waals surface area contributed by atoms with E-state index in [0.717, 1.165) is 0 Å². The van der Waals surface area contributed by atoms with E-state index in [1.165, 1.54) is 6.07 Å². The van der Waals surface area contributed by atoms with Gasteiger partial charge < -0.3 is 5.32 Å². The number of pyridine rings is 1. The van der Waals surface area contributed by atoms with Crippen molar-refractivity contribution < 1.29 is 22.8 Å². The maximum atomic E-state index is 13.1. The van der Waals surface area contributed by atoms with E-state index in [0.29, 0.717) is 5.69 Å². The molecule has 0 spiro atoms. The summed E-state index contributed by atoms with van der Waals surface area (Å²) in [6.45, 7) is 6.80. The number of halogens is 3. The van der Waals surface area contributed by atoms with E-state index in [-0.39, 0.29) is 30.1 Å². The Kier molecular flexibility index (Phi) is 3.23. The molecule has 4 nitrogen and oxygen atoms in total. The van der Waals surface area contributed by atoms with Crippen molar-refractivity contribution in [2.45, 2.75) is 46.7 Å². The van der Waals surface area contributed by atoms with Crippen LogP contribution in [-0.4, -0.2) is 22.9 Å². The second-order valence-electron chi connectivity index (χ2n) is 7.90. The minimum Gasteiger partial charge on any atom is -0.310 e. The average Bonchev–Trinajstić information content (AvgIpc) is 3.22. The Hall–Kier alpha value is -1.92. The van der Waals surface area contributed by atoms with Gasteiger partial charge in [-0.25, -0.2) is 4.98 Å². The fraction of sp³-hybridized carbons (Fsp3) is 0.588. The van der Waals surface area contributed by atoms with Crippen molar-refractivity contribution in [3.05, 3.63) is 23.4 Å². The van der Waals surface area contributed by atoms with Crippen LogP contribution in [0.4, 0.5) is 19.0 Å². The molecule has 7 heteroatoms. The Balaban J connectivity index is 1.91. The van der Waals surface area contributed by atoms with Crippen molar-refractivity contribution in [1.29, 1.82) is 0 Å². The van der Waals surface area contributed by atoms with Gasteiger partial charge in [-0.3, -0.25) is 9.59 Å². The molecular formula is C17H19F3N2O2. The minimum atomic E-state index is -4.37. The molecule has 3 rings (SSSR count). The lowest BCUT2D eigenvalue weighted by Crippen LogP contribution is -2.29. The Morgan fingerprint density at radius 3 is 2.21 bits per heavy atom. The number of alkyl halides is 3. The Labute approximate surface area is 137 Å². The van der Waals surface area contributed by atoms with Crippen LogP contribution < -0.4 is 5.32 Å². The van der Waals surface area contributed by atoms with Gasteiger partial charge >= 0.3 is 6.18 Å². The number of carbonyl (C=O) groups excluding carboxylic acids is 2. The number of nitrogens with zero attached hydrogens (tertiary/aromatic N) is 1. The molecule has 2 aliphatic rings. The number of aryl methyl sites for hydroxylation is 1. The molecule has 130 valence electrons. The van der Waals surface area contributed by atoms with Crippen LogP contribution in [0.5, 0.6) is 0 Å². The highest BCUT2D eigenvalue weighted by Gasteiger charge is 2.96. The lowest BCUT2D eigenvalue weighted by atomic mass is 9.95. The van der Waals surface area contributed by atoms with Crippen molar-refractivity contribution in [2.24, 2.45) is 16.2 Å². The largest absolute Gasteiger partial charge is 0.395 e. The molecule has 0 unspecified atom stereocenters. The second-order valence-corrected chi connectivity index (χ2v) is 7.90. The van der Waals surface area contributed by atoms with Crippen LogP contribution in [-0.2, 0) is 4.79 Å². The molecule has 1 amide bonds. The number of Topliss-reactive ketones (excluding diaryl/α,β-unsaturated/α-hetero) is 1. The van der Waals surface area contributed by atoms with Crippen molar-refractivity contribution in [3.8, 4) is 0 Å². The first-order valence-corrected chi connectivity index (χ1v) is 7.75. The summed E-state index contributed by atoms with van der Waals surface area (Å²) in [5.74, 6) is -0.874. The number of nitrogens with one attached hydrogen (secondary N) is 1. The number of hydrogen-bond donors (Lipinski definition) is 1. The van der Waals surface area contributed by atoms with Gasteiger partial charge in [0.1, 0.15) is 5.82 Å². The van der Waals surface area contributed by atoms with Crippen LogP contribution >= 0.6 is 0 Å². The molecule has 2 saturated carbocycles. The first-order chi connectivity index (χ1) is 10.8. The summed E-state index contributed by atoms with van der Waals surface area (Å²) in [4.78, 5) is 29.0. The van der Waals surface area contributed by atoms with Gasteiger partial charge in [0.25, 0.3) is 0 Å². The van der Waals surface area contributed by atoms with Crippen LogP contribution in [0.15, 0.2) is 12.1 Å². The summed E-state index contributed by atoms with van der Waals surface area (Å²) >= 11 is 0. The molecule has 0 bridgehead atoms. The third kappa shape index (κ3) is 2.24. The minimum absolute atomic E-state index is 0.0455. The third-order valence-electron chi connectivity index (χ3n) is 5.04. The molecule has 0 atom stereocenters. The summed E-state index contributed by atoms with van der Waals surface area (Å²) in [7, 11) is 0. The molecule has 0 radical (unpaired) electrons. The highest BCUT2D eigenvalue weighted by molar-refractivity contribution is 6.11. The maximum absolute atomic E-state index is 13.1. The third-order valence-corrected chi connectivity index (χ3v) is 5.04. The monoisotopic (exact) mass is 340 g/mol. The van der Waals surface area contributed by atoms with Gasteiger partial charge in [0.2, 0.25) is 5.91 Å². The van der Waals surface area contributed by atoms with Crippen LogP contribution in [0.25, 0.3) is 0 Å². The molecule has 1 heterocycles. The first kappa shape index (κ1) is 16.9. The van der Waals surface area contributed by atoms with Crippen molar-refractivity contribution in [2.75, 3.05) is 5.32 Å². The number of aromatic nitrogens is 1. The Bertz CT molecular complexity index is 741. The zero-order valence-corrected chi connectivity index (χ0v) is 14.0. The van der Waals surface area contributed by atoms with Crippen LogP contribution in [0.3, 0.4) is 0 Å². The highest BCUT2D eigenvalue weighted by Crippen LogP contribution is 2.91. The molecule has 2 aliphatic carbocycles. The zero-order valence-electron chi connectivity index (χ0n) is 14.0. The van der Waals surface area contributed by atoms with Crippen LogP contribution in [0, 0.1) is 23.2 Å². The predicted octanol–water partition coefficient (Wildman–Crippen LogP) is 3.90. The number of hydrogen-bond acceptors (Lipinski definition) is 3. The quantitative estimate of drug-likeness (QED) is 0.849. The fourth-order valence-corrected chi connectivity index (χ4v) is 3.13. The van der Waals surface area contributed by atoms with E-state index in [2.05, 4.69) is 10.3 Å². The SMILES string of the molecule is Cc1ccc(C(=O)C23CC2(C(F)(F)F)C3)c(NC(=O)C(C)(C)C)n1. The molecule has 1 aromatic rings. The number of ketones is 1. The predicted molar refractivity (Wildman–Crippen MR) is 81.5 cm³/mol. The molecule has 24 heavy (non-hydrogen) atoms.